The van der Waals surface area contributed by atoms with Gasteiger partial charge >= 0.3 is 7.12 Å². The summed E-state index contributed by atoms with van der Waals surface area (Å²) in [4.78, 5) is 16.0. The van der Waals surface area contributed by atoms with Crippen molar-refractivity contribution >= 4 is 29.1 Å². The molecule has 2 aromatic rings. The van der Waals surface area contributed by atoms with Crippen molar-refractivity contribution in [3.05, 3.63) is 30.5 Å². The van der Waals surface area contributed by atoms with E-state index in [1.54, 1.807) is 0 Å². The lowest BCUT2D eigenvalue weighted by atomic mass is 9.78. The molecule has 6 heteroatoms. The van der Waals surface area contributed by atoms with Crippen LogP contribution in [-0.2, 0) is 14.1 Å². The number of benzene rings is 1. The van der Waals surface area contributed by atoms with Crippen molar-refractivity contribution in [1.29, 1.82) is 0 Å². The summed E-state index contributed by atoms with van der Waals surface area (Å²) in [6, 6.07) is 8.05. The molecule has 1 saturated carbocycles. The first-order valence-electron chi connectivity index (χ1n) is 9.67. The first-order valence-corrected chi connectivity index (χ1v) is 9.67. The van der Waals surface area contributed by atoms with Crippen LogP contribution in [0.3, 0.4) is 0 Å². The highest BCUT2D eigenvalue weighted by molar-refractivity contribution is 6.62. The average Bonchev–Trinajstić information content (AvgIpc) is 2.82. The van der Waals surface area contributed by atoms with Crippen LogP contribution in [0.2, 0.25) is 0 Å². The van der Waals surface area contributed by atoms with Crippen molar-refractivity contribution in [3.8, 4) is 5.88 Å². The molecule has 0 radical (unpaired) electrons. The number of aromatic nitrogens is 1. The normalized spacial score (nSPS) is 24.4. The standard InChI is InChI=1S/C21H26BNO4/c1-20(2)21(3,4)27-22(26-20)16-9-8-14-13-23-19(11-15(14)10-16)25-18-7-5-6-17(24)12-18/h8-11,13,18H,5-7,12H2,1-4H3. The number of hydrogen-bond donors (Lipinski definition) is 0. The van der Waals surface area contributed by atoms with E-state index in [4.69, 9.17) is 14.0 Å². The molecule has 1 aromatic heterocycles. The zero-order valence-electron chi connectivity index (χ0n) is 16.5. The molecule has 1 aromatic carbocycles. The van der Waals surface area contributed by atoms with Crippen molar-refractivity contribution in [1.82, 2.24) is 4.98 Å². The molecule has 0 spiro atoms. The largest absolute Gasteiger partial charge is 0.494 e. The van der Waals surface area contributed by atoms with E-state index in [-0.39, 0.29) is 23.1 Å². The molecule has 2 fully saturated rings. The third-order valence-electron chi connectivity index (χ3n) is 5.97. The van der Waals surface area contributed by atoms with E-state index in [0.29, 0.717) is 18.7 Å². The van der Waals surface area contributed by atoms with Crippen molar-refractivity contribution < 1.29 is 18.8 Å². The summed E-state index contributed by atoms with van der Waals surface area (Å²) < 4.78 is 18.3. The van der Waals surface area contributed by atoms with Gasteiger partial charge in [0.1, 0.15) is 11.9 Å². The second-order valence-corrected chi connectivity index (χ2v) is 8.59. The number of Topliss-reactive ketones (excluding diaryl/α,β-unsaturated/α-hetero) is 1. The van der Waals surface area contributed by atoms with E-state index >= 15 is 0 Å². The second-order valence-electron chi connectivity index (χ2n) is 8.59. The van der Waals surface area contributed by atoms with Gasteiger partial charge in [-0.1, -0.05) is 18.2 Å². The van der Waals surface area contributed by atoms with Crippen LogP contribution in [0.25, 0.3) is 10.8 Å². The summed E-state index contributed by atoms with van der Waals surface area (Å²) in [7, 11) is -0.395. The van der Waals surface area contributed by atoms with E-state index in [1.807, 2.05) is 24.4 Å². The Hall–Kier alpha value is -1.92. The van der Waals surface area contributed by atoms with Gasteiger partial charge < -0.3 is 14.0 Å². The van der Waals surface area contributed by atoms with Gasteiger partial charge in [-0.15, -0.1) is 0 Å². The highest BCUT2D eigenvalue weighted by Gasteiger charge is 2.51. The minimum absolute atomic E-state index is 0.0671. The van der Waals surface area contributed by atoms with Gasteiger partial charge in [-0.2, -0.15) is 0 Å². The molecule has 5 nitrogen and oxygen atoms in total. The molecule has 2 aliphatic rings. The smallest absolute Gasteiger partial charge is 0.474 e. The lowest BCUT2D eigenvalue weighted by Crippen LogP contribution is -2.41. The third-order valence-corrected chi connectivity index (χ3v) is 5.97. The maximum absolute atomic E-state index is 11.6. The number of ether oxygens (including phenoxy) is 1. The SMILES string of the molecule is CC1(C)OB(c2ccc3cnc(OC4CCCC(=O)C4)cc3c2)OC1(C)C. The third kappa shape index (κ3) is 3.60. The Morgan fingerprint density at radius 1 is 1.11 bits per heavy atom. The molecule has 1 aliphatic heterocycles. The van der Waals surface area contributed by atoms with E-state index in [0.717, 1.165) is 29.1 Å². The van der Waals surface area contributed by atoms with Gasteiger partial charge in [0.2, 0.25) is 5.88 Å². The summed E-state index contributed by atoms with van der Waals surface area (Å²) >= 11 is 0. The van der Waals surface area contributed by atoms with Crippen molar-refractivity contribution in [2.45, 2.75) is 70.7 Å². The zero-order chi connectivity index (χ0) is 19.2. The Labute approximate surface area is 160 Å². The quantitative estimate of drug-likeness (QED) is 0.778. The Morgan fingerprint density at radius 3 is 2.56 bits per heavy atom. The molecule has 1 aliphatic carbocycles. The fourth-order valence-electron chi connectivity index (χ4n) is 3.59. The van der Waals surface area contributed by atoms with Gasteiger partial charge in [0, 0.05) is 30.5 Å². The van der Waals surface area contributed by atoms with Crippen LogP contribution in [0.5, 0.6) is 5.88 Å². The number of rotatable bonds is 3. The number of carbonyl (C=O) groups excluding carboxylic acids is 1. The van der Waals surface area contributed by atoms with Crippen molar-refractivity contribution in [3.63, 3.8) is 0 Å². The number of pyridine rings is 1. The molecule has 142 valence electrons. The van der Waals surface area contributed by atoms with E-state index in [1.165, 1.54) is 0 Å². The fraction of sp³-hybridized carbons (Fsp3) is 0.524. The van der Waals surface area contributed by atoms with Gasteiger partial charge in [0.15, 0.2) is 0 Å². The molecule has 27 heavy (non-hydrogen) atoms. The highest BCUT2D eigenvalue weighted by atomic mass is 16.7. The van der Waals surface area contributed by atoms with Crippen molar-refractivity contribution in [2.24, 2.45) is 0 Å². The van der Waals surface area contributed by atoms with Gasteiger partial charge in [0.25, 0.3) is 0 Å². The van der Waals surface area contributed by atoms with E-state index < -0.39 is 7.12 Å². The Kier molecular flexibility index (Phi) is 4.51. The van der Waals surface area contributed by atoms with E-state index in [2.05, 4.69) is 38.7 Å². The second kappa shape index (κ2) is 6.60. The molecular weight excluding hydrogens is 341 g/mol. The fourth-order valence-corrected chi connectivity index (χ4v) is 3.59. The van der Waals surface area contributed by atoms with Gasteiger partial charge in [0.05, 0.1) is 11.2 Å². The number of ketones is 1. The number of nitrogens with zero attached hydrogens (tertiary/aromatic N) is 1. The van der Waals surface area contributed by atoms with Crippen LogP contribution in [0.15, 0.2) is 30.5 Å². The topological polar surface area (TPSA) is 57.7 Å². The lowest BCUT2D eigenvalue weighted by molar-refractivity contribution is -0.122. The molecule has 2 heterocycles. The van der Waals surface area contributed by atoms with Crippen LogP contribution < -0.4 is 10.2 Å². The summed E-state index contributed by atoms with van der Waals surface area (Å²) in [5, 5.41) is 2.05. The van der Waals surface area contributed by atoms with Crippen LogP contribution in [0.1, 0.15) is 53.4 Å². The Morgan fingerprint density at radius 2 is 1.85 bits per heavy atom. The summed E-state index contributed by atoms with van der Waals surface area (Å²) in [5.74, 6) is 0.836. The average molecular weight is 367 g/mol. The molecular formula is C21H26BNO4. The first-order chi connectivity index (χ1) is 12.7. The Bertz CT molecular complexity index is 864. The summed E-state index contributed by atoms with van der Waals surface area (Å²) in [6.07, 6.45) is 4.68. The molecule has 0 bridgehead atoms. The highest BCUT2D eigenvalue weighted by Crippen LogP contribution is 2.36. The minimum Gasteiger partial charge on any atom is -0.474 e. The van der Waals surface area contributed by atoms with Crippen LogP contribution in [0, 0.1) is 0 Å². The predicted molar refractivity (Wildman–Crippen MR) is 105 cm³/mol. The van der Waals surface area contributed by atoms with Crippen molar-refractivity contribution in [2.75, 3.05) is 0 Å². The summed E-state index contributed by atoms with van der Waals surface area (Å²) in [5.41, 5.74) is 0.241. The maximum atomic E-state index is 11.6. The van der Waals surface area contributed by atoms with E-state index in [9.17, 15) is 4.79 Å². The summed E-state index contributed by atoms with van der Waals surface area (Å²) in [6.45, 7) is 8.20. The maximum Gasteiger partial charge on any atom is 0.494 e. The van der Waals surface area contributed by atoms with Crippen LogP contribution in [0.4, 0.5) is 0 Å². The molecule has 1 unspecified atom stereocenters. The molecule has 1 saturated heterocycles. The minimum atomic E-state index is -0.395. The number of carbonyl (C=O) groups is 1. The monoisotopic (exact) mass is 367 g/mol. The number of fused-ring (bicyclic) bond motifs is 1. The van der Waals surface area contributed by atoms with Crippen LogP contribution >= 0.6 is 0 Å². The molecule has 4 rings (SSSR count). The lowest BCUT2D eigenvalue weighted by Gasteiger charge is -2.32. The van der Waals surface area contributed by atoms with Gasteiger partial charge in [-0.05, 0) is 51.4 Å². The molecule has 1 atom stereocenters. The first kappa shape index (κ1) is 18.4. The van der Waals surface area contributed by atoms with Gasteiger partial charge in [-0.25, -0.2) is 4.98 Å². The Balaban J connectivity index is 1.57. The predicted octanol–water partition coefficient (Wildman–Crippen LogP) is 3.42. The number of hydrogen-bond acceptors (Lipinski definition) is 5. The van der Waals surface area contributed by atoms with Gasteiger partial charge in [-0.3, -0.25) is 4.79 Å². The molecule has 0 amide bonds. The van der Waals surface area contributed by atoms with Crippen LogP contribution in [-0.4, -0.2) is 35.2 Å². The molecule has 0 N–H and O–H groups in total. The zero-order valence-corrected chi connectivity index (χ0v) is 16.5.